The van der Waals surface area contributed by atoms with Gasteiger partial charge in [-0.15, -0.1) is 11.3 Å². The Balaban J connectivity index is 1.56. The largest absolute Gasteiger partial charge is 0.452 e. The maximum absolute atomic E-state index is 12.6. The molecule has 6 nitrogen and oxygen atoms in total. The molecule has 1 aromatic heterocycles. The molecule has 148 valence electrons. The molecule has 7 heteroatoms. The van der Waals surface area contributed by atoms with E-state index in [4.69, 9.17) is 4.74 Å². The third kappa shape index (κ3) is 5.19. The zero-order valence-corrected chi connectivity index (χ0v) is 16.7. The van der Waals surface area contributed by atoms with E-state index in [1.165, 1.54) is 18.3 Å². The van der Waals surface area contributed by atoms with Gasteiger partial charge in [-0.3, -0.25) is 9.59 Å². The first-order chi connectivity index (χ1) is 13.5. The van der Waals surface area contributed by atoms with Crippen LogP contribution >= 0.6 is 11.3 Å². The van der Waals surface area contributed by atoms with E-state index in [9.17, 15) is 14.4 Å². The second-order valence-electron chi connectivity index (χ2n) is 6.76. The summed E-state index contributed by atoms with van der Waals surface area (Å²) < 4.78 is 5.24. The van der Waals surface area contributed by atoms with Crippen LogP contribution in [0.4, 0.5) is 5.00 Å². The number of esters is 1. The summed E-state index contributed by atoms with van der Waals surface area (Å²) in [6, 6.07) is 9.84. The molecule has 1 aliphatic rings. The van der Waals surface area contributed by atoms with Gasteiger partial charge in [-0.2, -0.15) is 0 Å². The van der Waals surface area contributed by atoms with E-state index in [1.54, 1.807) is 0 Å². The van der Waals surface area contributed by atoms with Gasteiger partial charge in [0, 0.05) is 18.3 Å². The van der Waals surface area contributed by atoms with Crippen LogP contribution < -0.4 is 10.6 Å². The summed E-state index contributed by atoms with van der Waals surface area (Å²) in [6.45, 7) is 1.55. The van der Waals surface area contributed by atoms with Gasteiger partial charge in [0.1, 0.15) is 5.00 Å². The smallest absolute Gasteiger partial charge is 0.341 e. The zero-order chi connectivity index (χ0) is 19.9. The van der Waals surface area contributed by atoms with E-state index >= 15 is 0 Å². The van der Waals surface area contributed by atoms with E-state index in [0.717, 1.165) is 41.7 Å². The number of hydrogen-bond donors (Lipinski definition) is 2. The number of rotatable bonds is 7. The highest BCUT2D eigenvalue weighted by atomic mass is 32.1. The van der Waals surface area contributed by atoms with Crippen LogP contribution in [-0.4, -0.2) is 30.9 Å². The Morgan fingerprint density at radius 1 is 1.11 bits per heavy atom. The van der Waals surface area contributed by atoms with Crippen molar-refractivity contribution in [1.29, 1.82) is 0 Å². The standard InChI is InChI=1S/C21H24N2O4S/c1-14(24)23-20-19(16-9-5-6-10-17(16)28-20)21(26)27-13-18(25)22-12-11-15-7-3-2-4-8-15/h2-4,7-8H,5-6,9-13H2,1H3,(H,22,25)(H,23,24). The van der Waals surface area contributed by atoms with Crippen LogP contribution in [0.3, 0.4) is 0 Å². The summed E-state index contributed by atoms with van der Waals surface area (Å²) in [4.78, 5) is 37.2. The minimum absolute atomic E-state index is 0.230. The second-order valence-corrected chi connectivity index (χ2v) is 7.86. The lowest BCUT2D eigenvalue weighted by Gasteiger charge is -2.13. The molecule has 0 saturated heterocycles. The summed E-state index contributed by atoms with van der Waals surface area (Å²) in [5.74, 6) is -1.12. The summed E-state index contributed by atoms with van der Waals surface area (Å²) in [5.41, 5.74) is 2.49. The molecule has 1 aliphatic carbocycles. The predicted octanol–water partition coefficient (Wildman–Crippen LogP) is 3.10. The van der Waals surface area contributed by atoms with Crippen molar-refractivity contribution in [2.45, 2.75) is 39.0 Å². The van der Waals surface area contributed by atoms with Crippen molar-refractivity contribution in [1.82, 2.24) is 5.32 Å². The first kappa shape index (κ1) is 20.1. The van der Waals surface area contributed by atoms with Gasteiger partial charge in [-0.1, -0.05) is 30.3 Å². The van der Waals surface area contributed by atoms with Crippen LogP contribution in [0.1, 0.15) is 46.1 Å². The minimum Gasteiger partial charge on any atom is -0.452 e. The van der Waals surface area contributed by atoms with Crippen molar-refractivity contribution in [3.63, 3.8) is 0 Å². The van der Waals surface area contributed by atoms with E-state index in [2.05, 4.69) is 10.6 Å². The fourth-order valence-electron chi connectivity index (χ4n) is 3.27. The van der Waals surface area contributed by atoms with Crippen LogP contribution in [0.15, 0.2) is 30.3 Å². The quantitative estimate of drug-likeness (QED) is 0.700. The van der Waals surface area contributed by atoms with E-state index < -0.39 is 5.97 Å². The highest BCUT2D eigenvalue weighted by Gasteiger charge is 2.27. The zero-order valence-electron chi connectivity index (χ0n) is 15.9. The van der Waals surface area contributed by atoms with Crippen molar-refractivity contribution < 1.29 is 19.1 Å². The summed E-state index contributed by atoms with van der Waals surface area (Å²) in [5, 5.41) is 6.01. The van der Waals surface area contributed by atoms with Crippen LogP contribution in [0.2, 0.25) is 0 Å². The molecule has 0 saturated carbocycles. The van der Waals surface area contributed by atoms with E-state index in [1.807, 2.05) is 30.3 Å². The average molecular weight is 401 g/mol. The highest BCUT2D eigenvalue weighted by molar-refractivity contribution is 7.17. The van der Waals surface area contributed by atoms with Crippen molar-refractivity contribution in [3.05, 3.63) is 51.9 Å². The van der Waals surface area contributed by atoms with E-state index in [-0.39, 0.29) is 18.4 Å². The molecular formula is C21H24N2O4S. The first-order valence-corrected chi connectivity index (χ1v) is 10.3. The molecule has 28 heavy (non-hydrogen) atoms. The minimum atomic E-state index is -0.554. The maximum atomic E-state index is 12.6. The fourth-order valence-corrected chi connectivity index (χ4v) is 4.60. The third-order valence-corrected chi connectivity index (χ3v) is 5.79. The van der Waals surface area contributed by atoms with Gasteiger partial charge in [0.05, 0.1) is 5.56 Å². The molecule has 0 radical (unpaired) electrons. The Kier molecular flexibility index (Phi) is 6.81. The summed E-state index contributed by atoms with van der Waals surface area (Å²) >= 11 is 1.43. The molecule has 0 unspecified atom stereocenters. The summed E-state index contributed by atoms with van der Waals surface area (Å²) in [6.07, 6.45) is 4.49. The number of carbonyl (C=O) groups excluding carboxylic acids is 3. The Hall–Kier alpha value is -2.67. The van der Waals surface area contributed by atoms with Crippen LogP contribution in [0.25, 0.3) is 0 Å². The van der Waals surface area contributed by atoms with Gasteiger partial charge in [0.25, 0.3) is 5.91 Å². The first-order valence-electron chi connectivity index (χ1n) is 9.44. The van der Waals surface area contributed by atoms with Crippen LogP contribution in [0.5, 0.6) is 0 Å². The Morgan fingerprint density at radius 3 is 2.61 bits per heavy atom. The monoisotopic (exact) mass is 400 g/mol. The lowest BCUT2D eigenvalue weighted by Crippen LogP contribution is -2.30. The maximum Gasteiger partial charge on any atom is 0.341 e. The topological polar surface area (TPSA) is 84.5 Å². The van der Waals surface area contributed by atoms with Gasteiger partial charge in [0.2, 0.25) is 5.91 Å². The Morgan fingerprint density at radius 2 is 1.86 bits per heavy atom. The number of ether oxygens (including phenoxy) is 1. The normalized spacial score (nSPS) is 12.8. The number of carbonyl (C=O) groups is 3. The molecule has 0 aliphatic heterocycles. The number of thiophene rings is 1. The Bertz CT molecular complexity index is 861. The lowest BCUT2D eigenvalue weighted by atomic mass is 9.95. The molecular weight excluding hydrogens is 376 g/mol. The SMILES string of the molecule is CC(=O)Nc1sc2c(c1C(=O)OCC(=O)NCCc1ccccc1)CCCC2. The molecule has 0 fully saturated rings. The van der Waals surface area contributed by atoms with Crippen LogP contribution in [0, 0.1) is 0 Å². The second kappa shape index (κ2) is 9.50. The molecule has 2 N–H and O–H groups in total. The Labute approximate surface area is 168 Å². The fraction of sp³-hybridized carbons (Fsp3) is 0.381. The van der Waals surface area contributed by atoms with Crippen LogP contribution in [-0.2, 0) is 33.6 Å². The number of fused-ring (bicyclic) bond motifs is 1. The van der Waals surface area contributed by atoms with Gasteiger partial charge in [0.15, 0.2) is 6.61 Å². The molecule has 2 aromatic rings. The third-order valence-electron chi connectivity index (χ3n) is 4.58. The molecule has 0 bridgehead atoms. The van der Waals surface area contributed by atoms with Crippen molar-refractivity contribution in [2.75, 3.05) is 18.5 Å². The molecule has 0 spiro atoms. The number of benzene rings is 1. The van der Waals surface area contributed by atoms with Crippen molar-refractivity contribution in [3.8, 4) is 0 Å². The average Bonchev–Trinajstić information content (AvgIpc) is 3.04. The van der Waals surface area contributed by atoms with Gasteiger partial charge < -0.3 is 15.4 Å². The van der Waals surface area contributed by atoms with Gasteiger partial charge >= 0.3 is 5.97 Å². The number of hydrogen-bond acceptors (Lipinski definition) is 5. The van der Waals surface area contributed by atoms with Gasteiger partial charge in [-0.25, -0.2) is 4.79 Å². The highest BCUT2D eigenvalue weighted by Crippen LogP contribution is 2.38. The lowest BCUT2D eigenvalue weighted by molar-refractivity contribution is -0.124. The summed E-state index contributed by atoms with van der Waals surface area (Å²) in [7, 11) is 0. The number of amides is 2. The molecule has 3 rings (SSSR count). The van der Waals surface area contributed by atoms with Crippen molar-refractivity contribution in [2.24, 2.45) is 0 Å². The number of anilines is 1. The molecule has 1 heterocycles. The number of aryl methyl sites for hydroxylation is 1. The van der Waals surface area contributed by atoms with Crippen molar-refractivity contribution >= 4 is 34.1 Å². The molecule has 0 atom stereocenters. The molecule has 1 aromatic carbocycles. The molecule has 2 amide bonds. The predicted molar refractivity (Wildman–Crippen MR) is 109 cm³/mol. The van der Waals surface area contributed by atoms with Gasteiger partial charge in [-0.05, 0) is 43.2 Å². The van der Waals surface area contributed by atoms with E-state index in [0.29, 0.717) is 23.5 Å². The number of nitrogens with one attached hydrogen (secondary N) is 2.